The van der Waals surface area contributed by atoms with Crippen molar-refractivity contribution in [1.82, 2.24) is 14.5 Å². The van der Waals surface area contributed by atoms with E-state index >= 15 is 0 Å². The molecule has 0 spiro atoms. The van der Waals surface area contributed by atoms with Crippen molar-refractivity contribution in [1.29, 1.82) is 0 Å². The van der Waals surface area contributed by atoms with Crippen LogP contribution in [0.5, 0.6) is 0 Å². The van der Waals surface area contributed by atoms with Gasteiger partial charge in [-0.3, -0.25) is 14.2 Å². The minimum absolute atomic E-state index is 0.127. The Hall–Kier alpha value is -3.41. The number of fused-ring (bicyclic) bond motifs is 3. The van der Waals surface area contributed by atoms with Crippen LogP contribution in [0.4, 0.5) is 5.69 Å². The molecule has 2 aromatic heterocycles. The van der Waals surface area contributed by atoms with Crippen LogP contribution in [0.25, 0.3) is 21.9 Å². The van der Waals surface area contributed by atoms with Crippen LogP contribution in [-0.4, -0.2) is 20.4 Å². The standard InChI is InChI=1S/C23H24N4O2/c1-14(2)16-6-4-5-7-18(16)25-20(28)10-11-27-13-24-21-17-12-15(3)8-9-19(17)26-22(21)23(27)29/h4-9,12-14,26H,10-11H2,1-3H3,(H,25,28). The number of benzene rings is 2. The van der Waals surface area contributed by atoms with E-state index in [-0.39, 0.29) is 24.4 Å². The number of carbonyl (C=O) groups excluding carboxylic acids is 1. The summed E-state index contributed by atoms with van der Waals surface area (Å²) < 4.78 is 1.48. The normalized spacial score (nSPS) is 11.4. The summed E-state index contributed by atoms with van der Waals surface area (Å²) >= 11 is 0. The Balaban J connectivity index is 1.54. The number of hydrogen-bond acceptors (Lipinski definition) is 3. The third-order valence-electron chi connectivity index (χ3n) is 5.16. The summed E-state index contributed by atoms with van der Waals surface area (Å²) in [5, 5.41) is 3.90. The van der Waals surface area contributed by atoms with Gasteiger partial charge in [0.2, 0.25) is 5.91 Å². The molecule has 0 atom stereocenters. The van der Waals surface area contributed by atoms with E-state index in [1.54, 1.807) is 0 Å². The van der Waals surface area contributed by atoms with Crippen LogP contribution in [0, 0.1) is 6.92 Å². The quantitative estimate of drug-likeness (QED) is 0.534. The predicted molar refractivity (Wildman–Crippen MR) is 116 cm³/mol. The lowest BCUT2D eigenvalue weighted by Gasteiger charge is -2.13. The second-order valence-corrected chi connectivity index (χ2v) is 7.68. The Labute approximate surface area is 168 Å². The minimum atomic E-state index is -0.167. The number of aromatic amines is 1. The second kappa shape index (κ2) is 7.54. The Kier molecular flexibility index (Phi) is 4.92. The molecule has 6 heteroatoms. The molecule has 0 saturated heterocycles. The first kappa shape index (κ1) is 18.9. The van der Waals surface area contributed by atoms with Crippen molar-refractivity contribution in [3.05, 3.63) is 70.3 Å². The van der Waals surface area contributed by atoms with Gasteiger partial charge in [0, 0.05) is 29.6 Å². The first-order valence-electron chi connectivity index (χ1n) is 9.80. The average Bonchev–Trinajstić information content (AvgIpc) is 3.06. The van der Waals surface area contributed by atoms with Gasteiger partial charge in [-0.1, -0.05) is 43.7 Å². The highest BCUT2D eigenvalue weighted by atomic mass is 16.2. The molecule has 1 amide bonds. The summed E-state index contributed by atoms with van der Waals surface area (Å²) in [6.45, 7) is 6.46. The number of anilines is 1. The molecular formula is C23H24N4O2. The smallest absolute Gasteiger partial charge is 0.277 e. The van der Waals surface area contributed by atoms with Gasteiger partial charge in [-0.05, 0) is 36.6 Å². The first-order chi connectivity index (χ1) is 13.9. The molecule has 6 nitrogen and oxygen atoms in total. The number of rotatable bonds is 5. The van der Waals surface area contributed by atoms with Gasteiger partial charge in [0.1, 0.15) is 11.0 Å². The molecule has 4 aromatic rings. The molecule has 0 saturated carbocycles. The largest absolute Gasteiger partial charge is 0.349 e. The molecule has 0 fully saturated rings. The summed E-state index contributed by atoms with van der Waals surface area (Å²) in [6, 6.07) is 13.8. The maximum Gasteiger partial charge on any atom is 0.277 e. The van der Waals surface area contributed by atoms with Gasteiger partial charge in [-0.2, -0.15) is 0 Å². The monoisotopic (exact) mass is 388 g/mol. The Morgan fingerprint density at radius 2 is 2.00 bits per heavy atom. The molecule has 0 unspecified atom stereocenters. The topological polar surface area (TPSA) is 79.8 Å². The fraction of sp³-hybridized carbons (Fsp3) is 0.261. The third kappa shape index (κ3) is 3.66. The molecule has 2 N–H and O–H groups in total. The predicted octanol–water partition coefficient (Wildman–Crippen LogP) is 4.34. The zero-order valence-corrected chi connectivity index (χ0v) is 16.8. The van der Waals surface area contributed by atoms with Crippen molar-refractivity contribution in [3.63, 3.8) is 0 Å². The molecule has 0 aliphatic rings. The molecule has 2 heterocycles. The molecule has 0 bridgehead atoms. The average molecular weight is 388 g/mol. The number of hydrogen-bond donors (Lipinski definition) is 2. The number of aromatic nitrogens is 3. The molecule has 148 valence electrons. The minimum Gasteiger partial charge on any atom is -0.349 e. The first-order valence-corrected chi connectivity index (χ1v) is 9.80. The van der Waals surface area contributed by atoms with Gasteiger partial charge in [-0.15, -0.1) is 0 Å². The number of H-pyrrole nitrogens is 1. The zero-order chi connectivity index (χ0) is 20.5. The number of amides is 1. The van der Waals surface area contributed by atoms with Crippen LogP contribution in [-0.2, 0) is 11.3 Å². The lowest BCUT2D eigenvalue weighted by atomic mass is 10.0. The second-order valence-electron chi connectivity index (χ2n) is 7.68. The highest BCUT2D eigenvalue weighted by Gasteiger charge is 2.13. The fourth-order valence-corrected chi connectivity index (χ4v) is 3.61. The van der Waals surface area contributed by atoms with E-state index in [1.165, 1.54) is 10.9 Å². The van der Waals surface area contributed by atoms with Crippen LogP contribution in [0.2, 0.25) is 0 Å². The van der Waals surface area contributed by atoms with Crippen LogP contribution in [0.3, 0.4) is 0 Å². The number of nitrogens with zero attached hydrogens (tertiary/aromatic N) is 2. The highest BCUT2D eigenvalue weighted by Crippen LogP contribution is 2.24. The van der Waals surface area contributed by atoms with Crippen LogP contribution in [0.15, 0.2) is 53.6 Å². The van der Waals surface area contributed by atoms with Crippen molar-refractivity contribution in [3.8, 4) is 0 Å². The van der Waals surface area contributed by atoms with E-state index in [2.05, 4.69) is 29.1 Å². The molecule has 0 aliphatic heterocycles. The van der Waals surface area contributed by atoms with Crippen molar-refractivity contribution in [2.24, 2.45) is 0 Å². The van der Waals surface area contributed by atoms with Gasteiger partial charge in [0.15, 0.2) is 0 Å². The lowest BCUT2D eigenvalue weighted by molar-refractivity contribution is -0.116. The summed E-state index contributed by atoms with van der Waals surface area (Å²) in [5.41, 5.74) is 4.88. The molecule has 0 aliphatic carbocycles. The highest BCUT2D eigenvalue weighted by molar-refractivity contribution is 6.04. The third-order valence-corrected chi connectivity index (χ3v) is 5.16. The Morgan fingerprint density at radius 3 is 2.79 bits per heavy atom. The maximum absolute atomic E-state index is 12.9. The van der Waals surface area contributed by atoms with E-state index in [9.17, 15) is 9.59 Å². The summed E-state index contributed by atoms with van der Waals surface area (Å²) in [7, 11) is 0. The number of para-hydroxylation sites is 1. The SMILES string of the molecule is Cc1ccc2[nH]c3c(=O)n(CCC(=O)Nc4ccccc4C(C)C)cnc3c2c1. The van der Waals surface area contributed by atoms with E-state index in [1.807, 2.05) is 49.4 Å². The summed E-state index contributed by atoms with van der Waals surface area (Å²) in [4.78, 5) is 33.0. The Bertz CT molecular complexity index is 1270. The fourth-order valence-electron chi connectivity index (χ4n) is 3.61. The van der Waals surface area contributed by atoms with Gasteiger partial charge in [-0.25, -0.2) is 4.98 Å². The van der Waals surface area contributed by atoms with E-state index in [0.29, 0.717) is 17.0 Å². The Morgan fingerprint density at radius 1 is 1.21 bits per heavy atom. The van der Waals surface area contributed by atoms with Gasteiger partial charge in [0.05, 0.1) is 6.33 Å². The maximum atomic E-state index is 12.9. The van der Waals surface area contributed by atoms with Gasteiger partial charge < -0.3 is 10.3 Å². The van der Waals surface area contributed by atoms with Crippen LogP contribution in [0.1, 0.15) is 37.3 Å². The zero-order valence-electron chi connectivity index (χ0n) is 16.8. The van der Waals surface area contributed by atoms with Gasteiger partial charge in [0.25, 0.3) is 5.56 Å². The van der Waals surface area contributed by atoms with E-state index in [4.69, 9.17) is 0 Å². The summed E-state index contributed by atoms with van der Waals surface area (Å²) in [6.07, 6.45) is 1.72. The number of carbonyl (C=O) groups is 1. The number of aryl methyl sites for hydroxylation is 2. The van der Waals surface area contributed by atoms with Crippen LogP contribution >= 0.6 is 0 Å². The molecule has 4 rings (SSSR count). The van der Waals surface area contributed by atoms with E-state index < -0.39 is 0 Å². The lowest BCUT2D eigenvalue weighted by Crippen LogP contribution is -2.24. The van der Waals surface area contributed by atoms with Crippen molar-refractivity contribution >= 4 is 33.5 Å². The molecule has 0 radical (unpaired) electrons. The van der Waals surface area contributed by atoms with E-state index in [0.717, 1.165) is 27.7 Å². The van der Waals surface area contributed by atoms with Crippen molar-refractivity contribution in [2.45, 2.75) is 39.7 Å². The molecular weight excluding hydrogens is 364 g/mol. The summed E-state index contributed by atoms with van der Waals surface area (Å²) in [5.74, 6) is 0.184. The molecule has 29 heavy (non-hydrogen) atoms. The van der Waals surface area contributed by atoms with Crippen molar-refractivity contribution in [2.75, 3.05) is 5.32 Å². The van der Waals surface area contributed by atoms with Crippen LogP contribution < -0.4 is 10.9 Å². The van der Waals surface area contributed by atoms with Crippen molar-refractivity contribution < 1.29 is 4.79 Å². The number of nitrogens with one attached hydrogen (secondary N) is 2. The molecule has 2 aromatic carbocycles. The van der Waals surface area contributed by atoms with Gasteiger partial charge >= 0.3 is 0 Å².